The molecule has 0 atom stereocenters. The number of carbonyl (C=O) groups excluding carboxylic acids is 1. The summed E-state index contributed by atoms with van der Waals surface area (Å²) in [7, 11) is 0. The van der Waals surface area contributed by atoms with E-state index in [2.05, 4.69) is 4.98 Å². The summed E-state index contributed by atoms with van der Waals surface area (Å²) >= 11 is 0. The van der Waals surface area contributed by atoms with Crippen LogP contribution in [0.3, 0.4) is 0 Å². The summed E-state index contributed by atoms with van der Waals surface area (Å²) in [6.45, 7) is 8.98. The first-order valence-electron chi connectivity index (χ1n) is 7.00. The molecule has 0 aliphatic carbocycles. The van der Waals surface area contributed by atoms with Gasteiger partial charge in [-0.15, -0.1) is 0 Å². The van der Waals surface area contributed by atoms with E-state index < -0.39 is 5.60 Å². The van der Waals surface area contributed by atoms with Gasteiger partial charge < -0.3 is 15.4 Å². The molecule has 1 amide bonds. The lowest BCUT2D eigenvalue weighted by molar-refractivity contribution is 0.0252. The Kier molecular flexibility index (Phi) is 5.80. The number of pyridine rings is 1. The van der Waals surface area contributed by atoms with Crippen LogP contribution in [0, 0.1) is 0 Å². The smallest absolute Gasteiger partial charge is 0.410 e. The maximum absolute atomic E-state index is 12.1. The summed E-state index contributed by atoms with van der Waals surface area (Å²) in [5.74, 6) is 0.506. The molecule has 0 fully saturated rings. The number of amides is 1. The Hall–Kier alpha value is -1.78. The van der Waals surface area contributed by atoms with Crippen LogP contribution in [0.1, 0.15) is 39.7 Å². The van der Waals surface area contributed by atoms with E-state index in [4.69, 9.17) is 10.5 Å². The summed E-state index contributed by atoms with van der Waals surface area (Å²) in [5, 5.41) is 0. The van der Waals surface area contributed by atoms with Crippen molar-refractivity contribution in [1.29, 1.82) is 0 Å². The van der Waals surface area contributed by atoms with E-state index in [0.29, 0.717) is 18.9 Å². The van der Waals surface area contributed by atoms with E-state index in [-0.39, 0.29) is 6.09 Å². The van der Waals surface area contributed by atoms with Crippen molar-refractivity contribution in [3.8, 4) is 0 Å². The Morgan fingerprint density at radius 2 is 2.05 bits per heavy atom. The first-order chi connectivity index (χ1) is 9.31. The van der Waals surface area contributed by atoms with E-state index >= 15 is 0 Å². The number of nitrogens with zero attached hydrogens (tertiary/aromatic N) is 2. The molecule has 5 heteroatoms. The van der Waals surface area contributed by atoms with Crippen molar-refractivity contribution in [3.63, 3.8) is 0 Å². The van der Waals surface area contributed by atoms with E-state index in [9.17, 15) is 4.79 Å². The van der Waals surface area contributed by atoms with Crippen LogP contribution in [0.2, 0.25) is 0 Å². The Bertz CT molecular complexity index is 424. The van der Waals surface area contributed by atoms with Crippen LogP contribution in [-0.4, -0.2) is 34.7 Å². The van der Waals surface area contributed by atoms with Gasteiger partial charge in [-0.25, -0.2) is 9.78 Å². The van der Waals surface area contributed by atoms with Crippen molar-refractivity contribution in [1.82, 2.24) is 9.88 Å². The monoisotopic (exact) mass is 279 g/mol. The fourth-order valence-corrected chi connectivity index (χ4v) is 1.74. The average molecular weight is 279 g/mol. The lowest BCUT2D eigenvalue weighted by Gasteiger charge is -2.27. The summed E-state index contributed by atoms with van der Waals surface area (Å²) in [6, 6.07) is 3.70. The number of aromatic nitrogens is 1. The second-order valence-corrected chi connectivity index (χ2v) is 5.81. The highest BCUT2D eigenvalue weighted by Crippen LogP contribution is 2.11. The van der Waals surface area contributed by atoms with Gasteiger partial charge in [0.2, 0.25) is 0 Å². The zero-order chi connectivity index (χ0) is 15.2. The van der Waals surface area contributed by atoms with Crippen LogP contribution in [0.4, 0.5) is 10.6 Å². The third-order valence-electron chi connectivity index (χ3n) is 2.66. The van der Waals surface area contributed by atoms with Gasteiger partial charge in [-0.05, 0) is 45.2 Å². The molecule has 0 saturated carbocycles. The first-order valence-corrected chi connectivity index (χ1v) is 7.00. The highest BCUT2D eigenvalue weighted by atomic mass is 16.6. The summed E-state index contributed by atoms with van der Waals surface area (Å²) in [4.78, 5) is 17.9. The van der Waals surface area contributed by atoms with Gasteiger partial charge in [0.25, 0.3) is 0 Å². The minimum absolute atomic E-state index is 0.261. The lowest BCUT2D eigenvalue weighted by Crippen LogP contribution is -2.38. The van der Waals surface area contributed by atoms with Crippen LogP contribution >= 0.6 is 0 Å². The standard InChI is InChI=1S/C15H25N3O2/c1-5-9-18(14(19)20-15(2,3)4)10-8-12-6-7-13(16)17-11-12/h6-7,11H,5,8-10H2,1-4H3,(H2,16,17). The van der Waals surface area contributed by atoms with E-state index in [1.807, 2.05) is 33.8 Å². The third kappa shape index (κ3) is 5.91. The molecule has 1 aromatic heterocycles. The zero-order valence-corrected chi connectivity index (χ0v) is 12.8. The number of ether oxygens (including phenoxy) is 1. The minimum atomic E-state index is -0.466. The Balaban J connectivity index is 2.58. The number of nitrogen functional groups attached to an aromatic ring is 1. The predicted octanol–water partition coefficient (Wildman–Crippen LogP) is 2.85. The van der Waals surface area contributed by atoms with Crippen molar-refractivity contribution >= 4 is 11.9 Å². The number of nitrogens with two attached hydrogens (primary N) is 1. The number of anilines is 1. The Labute approximate surface area is 121 Å². The maximum atomic E-state index is 12.1. The van der Waals surface area contributed by atoms with Gasteiger partial charge in [-0.2, -0.15) is 0 Å². The fraction of sp³-hybridized carbons (Fsp3) is 0.600. The average Bonchev–Trinajstić information content (AvgIpc) is 2.34. The number of hydrogen-bond donors (Lipinski definition) is 1. The molecule has 2 N–H and O–H groups in total. The lowest BCUT2D eigenvalue weighted by atomic mass is 10.2. The zero-order valence-electron chi connectivity index (χ0n) is 12.8. The van der Waals surface area contributed by atoms with Crippen molar-refractivity contribution in [3.05, 3.63) is 23.9 Å². The molecule has 0 aromatic carbocycles. The van der Waals surface area contributed by atoms with Crippen LogP contribution in [0.15, 0.2) is 18.3 Å². The molecule has 0 saturated heterocycles. The molecule has 0 bridgehead atoms. The second-order valence-electron chi connectivity index (χ2n) is 5.81. The maximum Gasteiger partial charge on any atom is 0.410 e. The number of rotatable bonds is 5. The van der Waals surface area contributed by atoms with Crippen molar-refractivity contribution in [2.45, 2.75) is 46.1 Å². The van der Waals surface area contributed by atoms with Gasteiger partial charge in [0.1, 0.15) is 11.4 Å². The van der Waals surface area contributed by atoms with Crippen molar-refractivity contribution < 1.29 is 9.53 Å². The molecule has 5 nitrogen and oxygen atoms in total. The van der Waals surface area contributed by atoms with Gasteiger partial charge in [-0.1, -0.05) is 13.0 Å². The van der Waals surface area contributed by atoms with Crippen molar-refractivity contribution in [2.75, 3.05) is 18.8 Å². The van der Waals surface area contributed by atoms with E-state index in [1.165, 1.54) is 0 Å². The molecule has 20 heavy (non-hydrogen) atoms. The van der Waals surface area contributed by atoms with Gasteiger partial charge in [-0.3, -0.25) is 0 Å². The predicted molar refractivity (Wildman–Crippen MR) is 80.5 cm³/mol. The highest BCUT2D eigenvalue weighted by Gasteiger charge is 2.21. The molecule has 0 radical (unpaired) electrons. The van der Waals surface area contributed by atoms with E-state index in [0.717, 1.165) is 18.4 Å². The molecule has 1 rings (SSSR count). The second kappa shape index (κ2) is 7.12. The molecule has 0 aliphatic rings. The number of hydrogen-bond acceptors (Lipinski definition) is 4. The van der Waals surface area contributed by atoms with Gasteiger partial charge >= 0.3 is 6.09 Å². The van der Waals surface area contributed by atoms with E-state index in [1.54, 1.807) is 17.2 Å². The minimum Gasteiger partial charge on any atom is -0.444 e. The molecule has 0 spiro atoms. The SMILES string of the molecule is CCCN(CCc1ccc(N)nc1)C(=O)OC(C)(C)C. The quantitative estimate of drug-likeness (QED) is 0.900. The molecule has 112 valence electrons. The largest absolute Gasteiger partial charge is 0.444 e. The molecular formula is C15H25N3O2. The molecule has 1 heterocycles. The summed E-state index contributed by atoms with van der Waals surface area (Å²) in [5.41, 5.74) is 6.14. The van der Waals surface area contributed by atoms with Crippen LogP contribution in [0.25, 0.3) is 0 Å². The van der Waals surface area contributed by atoms with Crippen LogP contribution < -0.4 is 5.73 Å². The summed E-state index contributed by atoms with van der Waals surface area (Å²) < 4.78 is 5.41. The molecule has 0 aliphatic heterocycles. The van der Waals surface area contributed by atoms with Gasteiger partial charge in [0, 0.05) is 19.3 Å². The molecule has 0 unspecified atom stereocenters. The van der Waals surface area contributed by atoms with Crippen LogP contribution in [-0.2, 0) is 11.2 Å². The Morgan fingerprint density at radius 3 is 2.55 bits per heavy atom. The normalized spacial score (nSPS) is 11.2. The molecular weight excluding hydrogens is 254 g/mol. The Morgan fingerprint density at radius 1 is 1.35 bits per heavy atom. The van der Waals surface area contributed by atoms with Crippen LogP contribution in [0.5, 0.6) is 0 Å². The third-order valence-corrected chi connectivity index (χ3v) is 2.66. The fourth-order valence-electron chi connectivity index (χ4n) is 1.74. The van der Waals surface area contributed by atoms with Gasteiger partial charge in [0.05, 0.1) is 0 Å². The summed E-state index contributed by atoms with van der Waals surface area (Å²) in [6.07, 6.45) is 3.13. The first kappa shape index (κ1) is 16.3. The molecule has 1 aromatic rings. The van der Waals surface area contributed by atoms with Gasteiger partial charge in [0.15, 0.2) is 0 Å². The highest BCUT2D eigenvalue weighted by molar-refractivity contribution is 5.68. The number of carbonyl (C=O) groups is 1. The van der Waals surface area contributed by atoms with Crippen molar-refractivity contribution in [2.24, 2.45) is 0 Å². The topological polar surface area (TPSA) is 68.5 Å².